The molecule has 0 saturated heterocycles. The van der Waals surface area contributed by atoms with Gasteiger partial charge in [-0.15, -0.1) is 10.6 Å². The van der Waals surface area contributed by atoms with Crippen molar-refractivity contribution in [3.05, 3.63) is 0 Å². The van der Waals surface area contributed by atoms with E-state index in [9.17, 15) is 9.00 Å². The average molecular weight is 107 g/mol. The molecule has 0 bridgehead atoms. The molecule has 0 saturated carbocycles. The van der Waals surface area contributed by atoms with Crippen molar-refractivity contribution < 1.29 is 9.00 Å². The summed E-state index contributed by atoms with van der Waals surface area (Å²) >= 11 is 0. The first-order valence-corrected chi connectivity index (χ1v) is 2.22. The standard InChI is InChI=1S/CH3N2O2S/c2-1(4)6(3)5/h3H,(H2,2,4)/q-1. The Bertz CT molecular complexity index is 118. The minimum absolute atomic E-state index is 1.10. The summed E-state index contributed by atoms with van der Waals surface area (Å²) in [5.74, 6) is 0. The lowest BCUT2D eigenvalue weighted by atomic mass is 11.5. The molecule has 4 nitrogen and oxygen atoms in total. The summed E-state index contributed by atoms with van der Waals surface area (Å²) in [5.41, 5.74) is 4.31. The molecule has 3 N–H and O–H groups in total. The van der Waals surface area contributed by atoms with Crippen LogP contribution in [-0.4, -0.2) is 5.24 Å². The fraction of sp³-hybridized carbons (Fsp3) is 0. The quantitative estimate of drug-likeness (QED) is 0.420. The lowest BCUT2D eigenvalue weighted by Gasteiger charge is -1.83. The number of hydrogen-bond donors (Lipinski definition) is 2. The number of rotatable bonds is 0. The van der Waals surface area contributed by atoms with Crippen molar-refractivity contribution in [2.75, 3.05) is 0 Å². The Labute approximate surface area is 36.3 Å². The van der Waals surface area contributed by atoms with Crippen LogP contribution < -0.4 is 5.73 Å². The highest BCUT2D eigenvalue weighted by Gasteiger charge is 1.68. The van der Waals surface area contributed by atoms with Crippen molar-refractivity contribution in [1.82, 2.24) is 0 Å². The molecule has 0 fully saturated rings. The van der Waals surface area contributed by atoms with Crippen molar-refractivity contribution >= 4 is 15.8 Å². The summed E-state index contributed by atoms with van der Waals surface area (Å²) in [6, 6.07) is 0. The zero-order valence-corrected chi connectivity index (χ0v) is 3.62. The second kappa shape index (κ2) is 1.76. The van der Waals surface area contributed by atoms with Gasteiger partial charge in [0.25, 0.3) is 0 Å². The Kier molecular flexibility index (Phi) is 1.59. The van der Waals surface area contributed by atoms with Crippen LogP contribution in [0.2, 0.25) is 0 Å². The second-order valence-electron chi connectivity index (χ2n) is 0.588. The SMILES string of the molecule is N=[S-](=O)C(N)=O. The van der Waals surface area contributed by atoms with Crippen LogP contribution in [0, 0.1) is 4.78 Å². The van der Waals surface area contributed by atoms with Crippen LogP contribution in [0.3, 0.4) is 0 Å². The van der Waals surface area contributed by atoms with E-state index in [1.807, 2.05) is 0 Å². The molecule has 0 aliphatic carbocycles. The third-order valence-corrected chi connectivity index (χ3v) is 0.548. The second-order valence-corrected chi connectivity index (χ2v) is 1.53. The third-order valence-electron chi connectivity index (χ3n) is 0.183. The van der Waals surface area contributed by atoms with Gasteiger partial charge in [0.05, 0.1) is 0 Å². The van der Waals surface area contributed by atoms with E-state index in [0.717, 1.165) is 0 Å². The molecular formula is CH3N2O2S-. The van der Waals surface area contributed by atoms with E-state index in [2.05, 4.69) is 5.73 Å². The monoisotopic (exact) mass is 107 g/mol. The van der Waals surface area contributed by atoms with Crippen LogP contribution >= 0.6 is 0 Å². The summed E-state index contributed by atoms with van der Waals surface area (Å²) in [7, 11) is -2.23. The Morgan fingerprint density at radius 1 is 1.83 bits per heavy atom. The van der Waals surface area contributed by atoms with Gasteiger partial charge in [-0.05, 0) is 0 Å². The molecule has 0 aliphatic rings. The molecule has 0 atom stereocenters. The van der Waals surface area contributed by atoms with E-state index in [1.54, 1.807) is 0 Å². The van der Waals surface area contributed by atoms with E-state index >= 15 is 0 Å². The summed E-state index contributed by atoms with van der Waals surface area (Å²) in [6.07, 6.45) is 0. The maximum absolute atomic E-state index is 9.45. The molecule has 36 valence electrons. The minimum atomic E-state index is -2.23. The summed E-state index contributed by atoms with van der Waals surface area (Å²) in [6.45, 7) is 0. The Morgan fingerprint density at radius 3 is 2.00 bits per heavy atom. The van der Waals surface area contributed by atoms with Crippen molar-refractivity contribution in [2.24, 2.45) is 5.73 Å². The molecule has 0 heterocycles. The number of primary amides is 1. The Hall–Kier alpha value is -0.580. The van der Waals surface area contributed by atoms with Gasteiger partial charge in [0.1, 0.15) is 0 Å². The topological polar surface area (TPSA) is 84.0 Å². The molecule has 0 aliphatic heterocycles. The molecule has 0 rings (SSSR count). The Morgan fingerprint density at radius 2 is 2.00 bits per heavy atom. The van der Waals surface area contributed by atoms with Crippen molar-refractivity contribution in [2.45, 2.75) is 0 Å². The molecule has 5 heteroatoms. The first-order chi connectivity index (χ1) is 2.64. The van der Waals surface area contributed by atoms with Gasteiger partial charge < -0.3 is 14.7 Å². The van der Waals surface area contributed by atoms with Crippen LogP contribution in [0.5, 0.6) is 0 Å². The van der Waals surface area contributed by atoms with E-state index in [-0.39, 0.29) is 0 Å². The highest BCUT2D eigenvalue weighted by atomic mass is 32.2. The molecule has 0 spiro atoms. The molecule has 0 unspecified atom stereocenters. The first kappa shape index (κ1) is 5.42. The number of carbonyl (C=O) groups is 1. The number of amides is 1. The van der Waals surface area contributed by atoms with Crippen molar-refractivity contribution in [1.29, 1.82) is 4.78 Å². The Balaban J connectivity index is 3.94. The summed E-state index contributed by atoms with van der Waals surface area (Å²) in [4.78, 5) is 9.43. The van der Waals surface area contributed by atoms with Crippen molar-refractivity contribution in [3.8, 4) is 0 Å². The maximum Gasteiger partial charge on any atom is 0.168 e. The minimum Gasteiger partial charge on any atom is -0.436 e. The van der Waals surface area contributed by atoms with Gasteiger partial charge in [0.15, 0.2) is 5.24 Å². The molecule has 1 amide bonds. The first-order valence-electron chi connectivity index (χ1n) is 1.07. The molecule has 0 aromatic carbocycles. The molecule has 0 aromatic heterocycles. The molecule has 6 heavy (non-hydrogen) atoms. The fourth-order valence-electron chi connectivity index (χ4n) is 0. The largest absolute Gasteiger partial charge is 0.436 e. The normalized spacial score (nSPS) is 8.83. The van der Waals surface area contributed by atoms with Gasteiger partial charge in [-0.3, -0.25) is 4.79 Å². The predicted molar refractivity (Wildman–Crippen MR) is 20.4 cm³/mol. The zero-order valence-electron chi connectivity index (χ0n) is 2.80. The highest BCUT2D eigenvalue weighted by Crippen LogP contribution is 1.59. The van der Waals surface area contributed by atoms with Gasteiger partial charge in [-0.2, -0.15) is 0 Å². The number of nitrogens with two attached hydrogens (primary N) is 1. The van der Waals surface area contributed by atoms with Gasteiger partial charge >= 0.3 is 0 Å². The number of hydrogen-bond acceptors (Lipinski definition) is 4. The smallest absolute Gasteiger partial charge is 0.168 e. The van der Waals surface area contributed by atoms with Gasteiger partial charge in [0.2, 0.25) is 0 Å². The lowest BCUT2D eigenvalue weighted by Crippen LogP contribution is -2.06. The molecule has 0 radical (unpaired) electrons. The van der Waals surface area contributed by atoms with Gasteiger partial charge in [0, 0.05) is 0 Å². The molecule has 0 aromatic rings. The number of nitrogens with one attached hydrogen (secondary N) is 1. The number of carbonyl (C=O) groups excluding carboxylic acids is 1. The van der Waals surface area contributed by atoms with Crippen LogP contribution in [0.1, 0.15) is 0 Å². The van der Waals surface area contributed by atoms with E-state index < -0.39 is 15.8 Å². The highest BCUT2D eigenvalue weighted by molar-refractivity contribution is 7.89. The van der Waals surface area contributed by atoms with Gasteiger partial charge in [-0.25, -0.2) is 0 Å². The molecular weight excluding hydrogens is 104 g/mol. The van der Waals surface area contributed by atoms with Crippen molar-refractivity contribution in [3.63, 3.8) is 0 Å². The van der Waals surface area contributed by atoms with Crippen LogP contribution in [-0.2, 0) is 14.8 Å². The summed E-state index contributed by atoms with van der Waals surface area (Å²) in [5, 5.41) is -1.10. The zero-order chi connectivity index (χ0) is 5.15. The predicted octanol–water partition coefficient (Wildman–Crippen LogP) is -0.209. The average Bonchev–Trinajstić information content (AvgIpc) is 1.36. The fourth-order valence-corrected chi connectivity index (χ4v) is 0. The van der Waals surface area contributed by atoms with Crippen LogP contribution in [0.4, 0.5) is 4.79 Å². The lowest BCUT2D eigenvalue weighted by molar-refractivity contribution is 0.266. The van der Waals surface area contributed by atoms with Crippen LogP contribution in [0.25, 0.3) is 0 Å². The van der Waals surface area contributed by atoms with Crippen LogP contribution in [0.15, 0.2) is 0 Å². The maximum atomic E-state index is 9.45. The third kappa shape index (κ3) is 1.71. The van der Waals surface area contributed by atoms with E-state index in [4.69, 9.17) is 4.78 Å². The van der Waals surface area contributed by atoms with Gasteiger partial charge in [-0.1, -0.05) is 0 Å². The van der Waals surface area contributed by atoms with E-state index in [0.29, 0.717) is 0 Å². The summed E-state index contributed by atoms with van der Waals surface area (Å²) < 4.78 is 15.5. The van der Waals surface area contributed by atoms with E-state index in [1.165, 1.54) is 0 Å².